The molecule has 0 saturated carbocycles. The van der Waals surface area contributed by atoms with E-state index in [1.54, 1.807) is 0 Å². The summed E-state index contributed by atoms with van der Waals surface area (Å²) >= 11 is 0. The maximum absolute atomic E-state index is 12.4. The summed E-state index contributed by atoms with van der Waals surface area (Å²) in [5.41, 5.74) is 6.95. The summed E-state index contributed by atoms with van der Waals surface area (Å²) in [7, 11) is 0. The topological polar surface area (TPSA) is 58.8 Å². The molecular formula is C16H27Cl2N3O2. The first kappa shape index (κ1) is 22.1. The highest BCUT2D eigenvalue weighted by Crippen LogP contribution is 2.14. The lowest BCUT2D eigenvalue weighted by Crippen LogP contribution is -2.51. The predicted octanol–water partition coefficient (Wildman–Crippen LogP) is 1.71. The molecule has 1 fully saturated rings. The fourth-order valence-corrected chi connectivity index (χ4v) is 2.53. The minimum atomic E-state index is -0.554. The Morgan fingerprint density at radius 2 is 1.78 bits per heavy atom. The molecule has 2 rings (SSSR count). The summed E-state index contributed by atoms with van der Waals surface area (Å²) in [6.45, 7) is 7.71. The Hall–Kier alpha value is -0.850. The van der Waals surface area contributed by atoms with Crippen molar-refractivity contribution < 1.29 is 9.53 Å². The Morgan fingerprint density at radius 1 is 1.17 bits per heavy atom. The second-order valence-corrected chi connectivity index (χ2v) is 5.25. The van der Waals surface area contributed by atoms with E-state index >= 15 is 0 Å². The van der Waals surface area contributed by atoms with Crippen molar-refractivity contribution in [1.82, 2.24) is 9.80 Å². The molecule has 1 unspecified atom stereocenters. The van der Waals surface area contributed by atoms with Crippen LogP contribution in [0.3, 0.4) is 0 Å². The Balaban J connectivity index is 0.00000242. The first-order valence-electron chi connectivity index (χ1n) is 7.61. The van der Waals surface area contributed by atoms with Crippen molar-refractivity contribution in [3.8, 4) is 0 Å². The van der Waals surface area contributed by atoms with Crippen LogP contribution in [-0.4, -0.2) is 61.6 Å². The molecule has 1 aromatic rings. The highest BCUT2D eigenvalue weighted by Gasteiger charge is 2.25. The molecule has 1 saturated heterocycles. The summed E-state index contributed by atoms with van der Waals surface area (Å²) in [5, 5.41) is 0. The van der Waals surface area contributed by atoms with Gasteiger partial charge < -0.3 is 15.4 Å². The first-order chi connectivity index (χ1) is 10.2. The van der Waals surface area contributed by atoms with Crippen LogP contribution in [0.1, 0.15) is 18.5 Å². The van der Waals surface area contributed by atoms with Gasteiger partial charge in [0, 0.05) is 39.3 Å². The number of piperazine rings is 1. The molecule has 1 aromatic carbocycles. The number of nitrogens with two attached hydrogens (primary N) is 1. The Morgan fingerprint density at radius 3 is 2.35 bits per heavy atom. The summed E-state index contributed by atoms with van der Waals surface area (Å²) in [6, 6.07) is 9.00. The first-order valence-corrected chi connectivity index (χ1v) is 7.61. The molecule has 132 valence electrons. The van der Waals surface area contributed by atoms with Crippen LogP contribution in [0.25, 0.3) is 0 Å². The number of ether oxygens (including phenoxy) is 1. The minimum absolute atomic E-state index is 0. The number of halogens is 2. The van der Waals surface area contributed by atoms with Gasteiger partial charge in [0.1, 0.15) is 6.04 Å². The van der Waals surface area contributed by atoms with E-state index in [0.717, 1.165) is 51.5 Å². The largest absolute Gasteiger partial charge is 0.380 e. The lowest BCUT2D eigenvalue weighted by molar-refractivity contribution is -0.134. The van der Waals surface area contributed by atoms with Gasteiger partial charge in [0.05, 0.1) is 6.61 Å². The summed E-state index contributed by atoms with van der Waals surface area (Å²) in [5.74, 6) is 0.0191. The highest BCUT2D eigenvalue weighted by atomic mass is 35.5. The zero-order valence-corrected chi connectivity index (χ0v) is 15.2. The lowest BCUT2D eigenvalue weighted by atomic mass is 10.1. The van der Waals surface area contributed by atoms with E-state index in [-0.39, 0.29) is 30.7 Å². The van der Waals surface area contributed by atoms with Crippen LogP contribution < -0.4 is 5.73 Å². The van der Waals surface area contributed by atoms with Crippen molar-refractivity contribution in [1.29, 1.82) is 0 Å². The van der Waals surface area contributed by atoms with Gasteiger partial charge in [-0.2, -0.15) is 0 Å². The van der Waals surface area contributed by atoms with Crippen molar-refractivity contribution in [2.24, 2.45) is 5.73 Å². The molecule has 7 heteroatoms. The Kier molecular flexibility index (Phi) is 11.2. The number of nitrogens with zero attached hydrogens (tertiary/aromatic N) is 2. The third kappa shape index (κ3) is 6.65. The molecule has 1 heterocycles. The van der Waals surface area contributed by atoms with E-state index in [4.69, 9.17) is 10.5 Å². The molecule has 1 amide bonds. The molecule has 1 aliphatic rings. The van der Waals surface area contributed by atoms with Gasteiger partial charge in [-0.25, -0.2) is 0 Å². The lowest BCUT2D eigenvalue weighted by Gasteiger charge is -2.35. The number of benzene rings is 1. The van der Waals surface area contributed by atoms with Crippen LogP contribution in [0.5, 0.6) is 0 Å². The van der Waals surface area contributed by atoms with Crippen LogP contribution >= 0.6 is 24.8 Å². The van der Waals surface area contributed by atoms with E-state index in [9.17, 15) is 4.79 Å². The molecule has 1 atom stereocenters. The minimum Gasteiger partial charge on any atom is -0.380 e. The zero-order valence-electron chi connectivity index (χ0n) is 13.5. The zero-order chi connectivity index (χ0) is 15.1. The average Bonchev–Trinajstić information content (AvgIpc) is 2.55. The van der Waals surface area contributed by atoms with Crippen LogP contribution in [0.4, 0.5) is 0 Å². The van der Waals surface area contributed by atoms with Crippen LogP contribution in [0.2, 0.25) is 0 Å². The smallest absolute Gasteiger partial charge is 0.244 e. The number of hydrogen-bond acceptors (Lipinski definition) is 4. The van der Waals surface area contributed by atoms with Gasteiger partial charge in [0.2, 0.25) is 5.91 Å². The molecule has 1 aliphatic heterocycles. The van der Waals surface area contributed by atoms with Gasteiger partial charge in [-0.3, -0.25) is 9.69 Å². The molecule has 5 nitrogen and oxygen atoms in total. The van der Waals surface area contributed by atoms with Crippen molar-refractivity contribution in [3.63, 3.8) is 0 Å². The number of hydrogen-bond donors (Lipinski definition) is 1. The molecule has 23 heavy (non-hydrogen) atoms. The number of carbonyl (C=O) groups excluding carboxylic acids is 1. The molecular weight excluding hydrogens is 337 g/mol. The van der Waals surface area contributed by atoms with Crippen molar-refractivity contribution in [3.05, 3.63) is 35.9 Å². The second-order valence-electron chi connectivity index (χ2n) is 5.25. The summed E-state index contributed by atoms with van der Waals surface area (Å²) in [4.78, 5) is 16.6. The fraction of sp³-hybridized carbons (Fsp3) is 0.562. The van der Waals surface area contributed by atoms with Gasteiger partial charge in [-0.05, 0) is 12.5 Å². The standard InChI is InChI=1S/C16H25N3O2.2ClH/c1-2-21-13-12-18-8-10-19(11-9-18)16(20)15(17)14-6-4-3-5-7-14;;/h3-7,15H,2,8-13,17H2,1H3;2*1H. The summed E-state index contributed by atoms with van der Waals surface area (Å²) in [6.07, 6.45) is 0. The molecule has 0 radical (unpaired) electrons. The average molecular weight is 364 g/mol. The van der Waals surface area contributed by atoms with E-state index in [0.29, 0.717) is 0 Å². The van der Waals surface area contributed by atoms with Gasteiger partial charge >= 0.3 is 0 Å². The molecule has 0 spiro atoms. The van der Waals surface area contributed by atoms with E-state index < -0.39 is 6.04 Å². The highest BCUT2D eigenvalue weighted by molar-refractivity contribution is 5.85. The molecule has 0 bridgehead atoms. The van der Waals surface area contributed by atoms with Crippen LogP contribution in [-0.2, 0) is 9.53 Å². The molecule has 0 aromatic heterocycles. The van der Waals surface area contributed by atoms with Crippen molar-refractivity contribution in [2.45, 2.75) is 13.0 Å². The monoisotopic (exact) mass is 363 g/mol. The van der Waals surface area contributed by atoms with E-state index in [2.05, 4.69) is 4.90 Å². The van der Waals surface area contributed by atoms with Crippen LogP contribution in [0, 0.1) is 0 Å². The van der Waals surface area contributed by atoms with Gasteiger partial charge in [-0.1, -0.05) is 30.3 Å². The normalized spacial score (nSPS) is 16.2. The van der Waals surface area contributed by atoms with E-state index in [1.165, 1.54) is 0 Å². The maximum Gasteiger partial charge on any atom is 0.244 e. The SMILES string of the molecule is CCOCCN1CCN(C(=O)C(N)c2ccccc2)CC1.Cl.Cl. The Labute approximate surface area is 151 Å². The Bertz CT molecular complexity index is 440. The third-order valence-electron chi connectivity index (χ3n) is 3.86. The maximum atomic E-state index is 12.4. The van der Waals surface area contributed by atoms with E-state index in [1.807, 2.05) is 42.2 Å². The predicted molar refractivity (Wildman–Crippen MR) is 97.4 cm³/mol. The summed E-state index contributed by atoms with van der Waals surface area (Å²) < 4.78 is 5.36. The molecule has 2 N–H and O–H groups in total. The van der Waals surface area contributed by atoms with Gasteiger partial charge in [0.25, 0.3) is 0 Å². The van der Waals surface area contributed by atoms with Crippen LogP contribution in [0.15, 0.2) is 30.3 Å². The van der Waals surface area contributed by atoms with Crippen molar-refractivity contribution in [2.75, 3.05) is 45.9 Å². The third-order valence-corrected chi connectivity index (χ3v) is 3.86. The fourth-order valence-electron chi connectivity index (χ4n) is 2.53. The number of rotatable bonds is 6. The number of amides is 1. The van der Waals surface area contributed by atoms with Crippen molar-refractivity contribution >= 4 is 30.7 Å². The van der Waals surface area contributed by atoms with Gasteiger partial charge in [0.15, 0.2) is 0 Å². The van der Waals surface area contributed by atoms with Gasteiger partial charge in [-0.15, -0.1) is 24.8 Å². The quantitative estimate of drug-likeness (QED) is 0.781. The second kappa shape index (κ2) is 11.6. The number of carbonyl (C=O) groups is 1. The molecule has 0 aliphatic carbocycles.